The van der Waals surface area contributed by atoms with Gasteiger partial charge in [0, 0.05) is 23.2 Å². The summed E-state index contributed by atoms with van der Waals surface area (Å²) in [5, 5.41) is 4.35. The van der Waals surface area contributed by atoms with E-state index in [0.29, 0.717) is 0 Å². The molecule has 0 bridgehead atoms. The molecule has 0 aliphatic heterocycles. The molecule has 0 spiro atoms. The van der Waals surface area contributed by atoms with Crippen LogP contribution in [0.5, 0.6) is 0 Å². The van der Waals surface area contributed by atoms with Gasteiger partial charge in [0.15, 0.2) is 5.16 Å². The number of nitrogens with one attached hydrogen (secondary N) is 1. The van der Waals surface area contributed by atoms with Crippen molar-refractivity contribution in [3.63, 3.8) is 0 Å². The number of aryl methyl sites for hydroxylation is 1. The summed E-state index contributed by atoms with van der Waals surface area (Å²) in [6.07, 6.45) is 2.96. The normalized spacial score (nSPS) is 11.8. The van der Waals surface area contributed by atoms with Crippen molar-refractivity contribution in [3.8, 4) is 0 Å². The molecule has 0 aromatic carbocycles. The maximum Gasteiger partial charge on any atom is 0.187 e. The van der Waals surface area contributed by atoms with Gasteiger partial charge >= 0.3 is 0 Å². The van der Waals surface area contributed by atoms with Crippen molar-refractivity contribution in [1.82, 2.24) is 15.3 Å². The van der Waals surface area contributed by atoms with E-state index in [-0.39, 0.29) is 5.54 Å². The summed E-state index contributed by atoms with van der Waals surface area (Å²) < 4.78 is 0. The smallest absolute Gasteiger partial charge is 0.187 e. The van der Waals surface area contributed by atoms with Crippen LogP contribution >= 0.6 is 11.8 Å². The lowest BCUT2D eigenvalue weighted by Crippen LogP contribution is -2.36. The van der Waals surface area contributed by atoms with Crippen molar-refractivity contribution in [1.29, 1.82) is 0 Å². The number of nitrogens with zero attached hydrogens (tertiary/aromatic N) is 2. The van der Waals surface area contributed by atoms with Crippen molar-refractivity contribution in [3.05, 3.63) is 18.0 Å². The van der Waals surface area contributed by atoms with Gasteiger partial charge in [-0.25, -0.2) is 9.97 Å². The molecule has 0 amide bonds. The Morgan fingerprint density at radius 1 is 1.38 bits per heavy atom. The van der Waals surface area contributed by atoms with Crippen LogP contribution < -0.4 is 5.32 Å². The van der Waals surface area contributed by atoms with Crippen molar-refractivity contribution in [2.45, 2.75) is 44.8 Å². The quantitative estimate of drug-likeness (QED) is 0.487. The average Bonchev–Trinajstić information content (AvgIpc) is 2.15. The summed E-state index contributed by atoms with van der Waals surface area (Å²) in [5.74, 6) is 1.06. The van der Waals surface area contributed by atoms with Gasteiger partial charge in [-0.2, -0.15) is 0 Å². The van der Waals surface area contributed by atoms with E-state index in [1.807, 2.05) is 19.2 Å². The van der Waals surface area contributed by atoms with E-state index in [9.17, 15) is 0 Å². The summed E-state index contributed by atoms with van der Waals surface area (Å²) >= 11 is 1.72. The molecule has 4 heteroatoms. The number of rotatable bonds is 5. The molecule has 0 unspecified atom stereocenters. The predicted molar refractivity (Wildman–Crippen MR) is 69.9 cm³/mol. The molecule has 3 nitrogen and oxygen atoms in total. The highest BCUT2D eigenvalue weighted by Crippen LogP contribution is 2.13. The minimum Gasteiger partial charge on any atom is -0.312 e. The molecule has 0 atom stereocenters. The van der Waals surface area contributed by atoms with Crippen LogP contribution in [0.2, 0.25) is 0 Å². The first-order valence-electron chi connectivity index (χ1n) is 5.65. The highest BCUT2D eigenvalue weighted by molar-refractivity contribution is 7.99. The van der Waals surface area contributed by atoms with Gasteiger partial charge in [-0.1, -0.05) is 11.8 Å². The van der Waals surface area contributed by atoms with Crippen LogP contribution in [-0.4, -0.2) is 27.8 Å². The highest BCUT2D eigenvalue weighted by Gasteiger charge is 2.07. The van der Waals surface area contributed by atoms with Crippen LogP contribution in [0.1, 0.15) is 32.9 Å². The van der Waals surface area contributed by atoms with Crippen molar-refractivity contribution < 1.29 is 0 Å². The Labute approximate surface area is 102 Å². The first-order valence-corrected chi connectivity index (χ1v) is 6.63. The molecule has 1 rings (SSSR count). The molecule has 90 valence electrons. The second kappa shape index (κ2) is 6.21. The molecule has 1 aromatic heterocycles. The third-order valence-electron chi connectivity index (χ3n) is 1.98. The molecule has 0 saturated carbocycles. The largest absolute Gasteiger partial charge is 0.312 e. The molecule has 16 heavy (non-hydrogen) atoms. The number of aromatic nitrogens is 2. The Kier molecular flexibility index (Phi) is 5.22. The zero-order valence-corrected chi connectivity index (χ0v) is 11.4. The number of hydrogen-bond donors (Lipinski definition) is 1. The lowest BCUT2D eigenvalue weighted by molar-refractivity contribution is 0.427. The van der Waals surface area contributed by atoms with Crippen molar-refractivity contribution in [2.24, 2.45) is 0 Å². The molecule has 1 N–H and O–H groups in total. The van der Waals surface area contributed by atoms with E-state index < -0.39 is 0 Å². The standard InChI is InChI=1S/C12H21N3S/c1-10-6-8-13-11(15-10)16-9-5-7-14-12(2,3)4/h6,8,14H,5,7,9H2,1-4H3. The molecular weight excluding hydrogens is 218 g/mol. The van der Waals surface area contributed by atoms with Gasteiger partial charge in [0.05, 0.1) is 0 Å². The Morgan fingerprint density at radius 3 is 2.75 bits per heavy atom. The fourth-order valence-electron chi connectivity index (χ4n) is 1.19. The molecule has 1 heterocycles. The summed E-state index contributed by atoms with van der Waals surface area (Å²) in [6, 6.07) is 1.92. The van der Waals surface area contributed by atoms with Gasteiger partial charge in [-0.15, -0.1) is 0 Å². The SMILES string of the molecule is Cc1ccnc(SCCCNC(C)(C)C)n1. The Bertz CT molecular complexity index is 320. The van der Waals surface area contributed by atoms with E-state index in [2.05, 4.69) is 36.1 Å². The van der Waals surface area contributed by atoms with Gasteiger partial charge < -0.3 is 5.32 Å². The van der Waals surface area contributed by atoms with Crippen molar-refractivity contribution in [2.75, 3.05) is 12.3 Å². The topological polar surface area (TPSA) is 37.8 Å². The molecule has 0 aliphatic rings. The van der Waals surface area contributed by atoms with Crippen LogP contribution in [0.4, 0.5) is 0 Å². The van der Waals surface area contributed by atoms with E-state index >= 15 is 0 Å². The third kappa shape index (κ3) is 6.08. The number of thioether (sulfide) groups is 1. The van der Waals surface area contributed by atoms with Crippen molar-refractivity contribution >= 4 is 11.8 Å². The third-order valence-corrected chi connectivity index (χ3v) is 2.93. The average molecular weight is 239 g/mol. The molecule has 0 radical (unpaired) electrons. The van der Waals surface area contributed by atoms with Crippen LogP contribution in [0, 0.1) is 6.92 Å². The Morgan fingerprint density at radius 2 is 2.12 bits per heavy atom. The van der Waals surface area contributed by atoms with Crippen LogP contribution in [0.3, 0.4) is 0 Å². The van der Waals surface area contributed by atoms with E-state index in [1.54, 1.807) is 11.8 Å². The first kappa shape index (κ1) is 13.5. The zero-order chi connectivity index (χ0) is 12.0. The maximum absolute atomic E-state index is 4.35. The molecular formula is C12H21N3S. The summed E-state index contributed by atoms with van der Waals surface area (Å²) in [5.41, 5.74) is 1.25. The molecule has 0 fully saturated rings. The van der Waals surface area contributed by atoms with Crippen LogP contribution in [0.15, 0.2) is 17.4 Å². The molecule has 0 aliphatic carbocycles. The van der Waals surface area contributed by atoms with Gasteiger partial charge in [-0.3, -0.25) is 0 Å². The minimum atomic E-state index is 0.213. The zero-order valence-electron chi connectivity index (χ0n) is 10.6. The molecule has 0 saturated heterocycles. The monoisotopic (exact) mass is 239 g/mol. The van der Waals surface area contributed by atoms with Gasteiger partial charge in [-0.05, 0) is 46.7 Å². The van der Waals surface area contributed by atoms with E-state index in [4.69, 9.17) is 0 Å². The number of hydrogen-bond acceptors (Lipinski definition) is 4. The van der Waals surface area contributed by atoms with E-state index in [0.717, 1.165) is 29.6 Å². The fraction of sp³-hybridized carbons (Fsp3) is 0.667. The highest BCUT2D eigenvalue weighted by atomic mass is 32.2. The maximum atomic E-state index is 4.35. The Hall–Kier alpha value is -0.610. The molecule has 1 aromatic rings. The van der Waals surface area contributed by atoms with Crippen LogP contribution in [-0.2, 0) is 0 Å². The summed E-state index contributed by atoms with van der Waals surface area (Å²) in [7, 11) is 0. The second-order valence-corrected chi connectivity index (χ2v) is 5.92. The van der Waals surface area contributed by atoms with Crippen LogP contribution in [0.25, 0.3) is 0 Å². The Balaban J connectivity index is 2.17. The lowest BCUT2D eigenvalue weighted by Gasteiger charge is -2.20. The lowest BCUT2D eigenvalue weighted by atomic mass is 10.1. The van der Waals surface area contributed by atoms with Gasteiger partial charge in [0.25, 0.3) is 0 Å². The van der Waals surface area contributed by atoms with E-state index in [1.165, 1.54) is 0 Å². The second-order valence-electron chi connectivity index (χ2n) is 4.86. The summed E-state index contributed by atoms with van der Waals surface area (Å²) in [6.45, 7) is 9.59. The summed E-state index contributed by atoms with van der Waals surface area (Å²) in [4.78, 5) is 8.57. The minimum absolute atomic E-state index is 0.213. The van der Waals surface area contributed by atoms with Gasteiger partial charge in [0.1, 0.15) is 0 Å². The first-order chi connectivity index (χ1) is 7.47. The van der Waals surface area contributed by atoms with Gasteiger partial charge in [0.2, 0.25) is 0 Å². The predicted octanol–water partition coefficient (Wildman–Crippen LogP) is 2.66. The fourth-order valence-corrected chi connectivity index (χ4v) is 2.01.